The maximum atomic E-state index is 12.7. The van der Waals surface area contributed by atoms with E-state index in [1.807, 2.05) is 30.5 Å². The molecule has 2 heterocycles. The summed E-state index contributed by atoms with van der Waals surface area (Å²) in [6.45, 7) is 2.78. The highest BCUT2D eigenvalue weighted by Gasteiger charge is 2.48. The topological polar surface area (TPSA) is 64.2 Å². The molecule has 0 aromatic heterocycles. The summed E-state index contributed by atoms with van der Waals surface area (Å²) in [5, 5.41) is 10.4. The van der Waals surface area contributed by atoms with Gasteiger partial charge in [0.25, 0.3) is 0 Å². The molecule has 116 valence electrons. The SMILES string of the molecule is CCCN1C(=O)C2SC=CC2=[N+](Cc2ccc(C#N)cc2)C1=O. The Morgan fingerprint density at radius 3 is 2.70 bits per heavy atom. The minimum absolute atomic E-state index is 0.127. The number of fused-ring (bicyclic) bond motifs is 1. The normalized spacial score (nSPS) is 20.0. The summed E-state index contributed by atoms with van der Waals surface area (Å²) in [6.07, 6.45) is 2.58. The molecule has 5 nitrogen and oxygen atoms in total. The average molecular weight is 326 g/mol. The molecular formula is C17H16N3O2S+. The molecule has 1 aromatic rings. The van der Waals surface area contributed by atoms with Crippen LogP contribution in [0, 0.1) is 11.3 Å². The number of nitrogens with zero attached hydrogens (tertiary/aromatic N) is 3. The number of amides is 3. The number of nitriles is 1. The van der Waals surface area contributed by atoms with Gasteiger partial charge in [0.1, 0.15) is 12.3 Å². The summed E-state index contributed by atoms with van der Waals surface area (Å²) >= 11 is 1.44. The molecule has 0 saturated carbocycles. The number of carbonyl (C=O) groups is 2. The zero-order valence-electron chi connectivity index (χ0n) is 12.7. The Labute approximate surface area is 138 Å². The summed E-state index contributed by atoms with van der Waals surface area (Å²) in [6, 6.07) is 8.97. The third kappa shape index (κ3) is 2.80. The molecule has 23 heavy (non-hydrogen) atoms. The number of imide groups is 1. The van der Waals surface area contributed by atoms with Crippen LogP contribution in [0.1, 0.15) is 24.5 Å². The molecule has 6 heteroatoms. The maximum absolute atomic E-state index is 12.7. The first-order valence-corrected chi connectivity index (χ1v) is 8.40. The Bertz CT molecular complexity index is 759. The summed E-state index contributed by atoms with van der Waals surface area (Å²) < 4.78 is 1.67. The minimum Gasteiger partial charge on any atom is -0.245 e. The second-order valence-corrected chi connectivity index (χ2v) is 6.43. The van der Waals surface area contributed by atoms with Gasteiger partial charge in [0.05, 0.1) is 18.2 Å². The molecule has 0 bridgehead atoms. The van der Waals surface area contributed by atoms with Crippen molar-refractivity contribution < 1.29 is 14.2 Å². The van der Waals surface area contributed by atoms with E-state index in [-0.39, 0.29) is 17.2 Å². The van der Waals surface area contributed by atoms with Crippen LogP contribution in [0.4, 0.5) is 4.79 Å². The molecular weight excluding hydrogens is 310 g/mol. The molecule has 0 saturated heterocycles. The fraction of sp³-hybridized carbons (Fsp3) is 0.294. The number of carbonyl (C=O) groups excluding carboxylic acids is 2. The minimum atomic E-state index is -0.322. The van der Waals surface area contributed by atoms with E-state index in [1.165, 1.54) is 16.7 Å². The number of rotatable bonds is 4. The molecule has 0 N–H and O–H groups in total. The lowest BCUT2D eigenvalue weighted by Crippen LogP contribution is -2.55. The van der Waals surface area contributed by atoms with Crippen LogP contribution in [-0.4, -0.2) is 38.9 Å². The summed E-state index contributed by atoms with van der Waals surface area (Å²) in [5.41, 5.74) is 2.27. The number of benzene rings is 1. The van der Waals surface area contributed by atoms with Crippen molar-refractivity contribution in [2.45, 2.75) is 25.1 Å². The van der Waals surface area contributed by atoms with E-state index >= 15 is 0 Å². The Kier molecular flexibility index (Phi) is 4.30. The van der Waals surface area contributed by atoms with Gasteiger partial charge in [-0.05, 0) is 35.6 Å². The molecule has 2 aliphatic rings. The van der Waals surface area contributed by atoms with Crippen molar-refractivity contribution >= 4 is 29.4 Å². The smallest absolute Gasteiger partial charge is 0.245 e. The van der Waals surface area contributed by atoms with Crippen molar-refractivity contribution in [2.24, 2.45) is 0 Å². The lowest BCUT2D eigenvalue weighted by atomic mass is 10.1. The lowest BCUT2D eigenvalue weighted by molar-refractivity contribution is -0.454. The fourth-order valence-electron chi connectivity index (χ4n) is 2.71. The van der Waals surface area contributed by atoms with E-state index in [1.54, 1.807) is 16.7 Å². The first-order chi connectivity index (χ1) is 11.2. The number of hydrogen-bond donors (Lipinski definition) is 0. The van der Waals surface area contributed by atoms with E-state index in [0.717, 1.165) is 17.7 Å². The Morgan fingerprint density at radius 2 is 2.04 bits per heavy atom. The van der Waals surface area contributed by atoms with Crippen LogP contribution < -0.4 is 0 Å². The molecule has 0 aliphatic carbocycles. The van der Waals surface area contributed by atoms with Gasteiger partial charge in [-0.2, -0.15) is 19.5 Å². The van der Waals surface area contributed by atoms with Gasteiger partial charge < -0.3 is 0 Å². The van der Waals surface area contributed by atoms with Gasteiger partial charge in [-0.1, -0.05) is 19.1 Å². The number of allylic oxidation sites excluding steroid dienone is 1. The highest BCUT2D eigenvalue weighted by atomic mass is 32.2. The van der Waals surface area contributed by atoms with Gasteiger partial charge in [-0.15, -0.1) is 11.8 Å². The maximum Gasteiger partial charge on any atom is 0.501 e. The van der Waals surface area contributed by atoms with E-state index < -0.39 is 0 Å². The molecule has 2 aliphatic heterocycles. The lowest BCUT2D eigenvalue weighted by Gasteiger charge is -2.24. The molecule has 1 aromatic carbocycles. The Morgan fingerprint density at radius 1 is 1.30 bits per heavy atom. The van der Waals surface area contributed by atoms with Gasteiger partial charge in [-0.25, -0.2) is 4.79 Å². The summed E-state index contributed by atoms with van der Waals surface area (Å²) in [4.78, 5) is 26.5. The fourth-order valence-corrected chi connectivity index (χ4v) is 3.67. The monoisotopic (exact) mass is 326 g/mol. The number of urea groups is 1. The quantitative estimate of drug-likeness (QED) is 0.798. The predicted octanol–water partition coefficient (Wildman–Crippen LogP) is 2.51. The number of thioether (sulfide) groups is 1. The van der Waals surface area contributed by atoms with Crippen molar-refractivity contribution in [3.63, 3.8) is 0 Å². The first kappa shape index (κ1) is 15.5. The predicted molar refractivity (Wildman–Crippen MR) is 88.0 cm³/mol. The third-order valence-corrected chi connectivity index (χ3v) is 4.87. The Balaban J connectivity index is 1.95. The molecule has 1 unspecified atom stereocenters. The zero-order valence-corrected chi connectivity index (χ0v) is 13.5. The van der Waals surface area contributed by atoms with Crippen LogP contribution in [-0.2, 0) is 11.3 Å². The van der Waals surface area contributed by atoms with E-state index in [2.05, 4.69) is 6.07 Å². The molecule has 3 rings (SSSR count). The van der Waals surface area contributed by atoms with Crippen molar-refractivity contribution in [3.8, 4) is 6.07 Å². The van der Waals surface area contributed by atoms with Crippen molar-refractivity contribution in [1.29, 1.82) is 5.26 Å². The second-order valence-electron chi connectivity index (χ2n) is 5.41. The largest absolute Gasteiger partial charge is 0.501 e. The van der Waals surface area contributed by atoms with Crippen LogP contribution >= 0.6 is 11.8 Å². The van der Waals surface area contributed by atoms with Crippen LogP contribution in [0.15, 0.2) is 35.7 Å². The summed E-state index contributed by atoms with van der Waals surface area (Å²) in [5.74, 6) is -0.127. The van der Waals surface area contributed by atoms with Gasteiger partial charge in [0.15, 0.2) is 5.25 Å². The van der Waals surface area contributed by atoms with E-state index in [0.29, 0.717) is 18.7 Å². The average Bonchev–Trinajstić information content (AvgIpc) is 3.06. The van der Waals surface area contributed by atoms with Crippen LogP contribution in [0.3, 0.4) is 0 Å². The van der Waals surface area contributed by atoms with Crippen molar-refractivity contribution in [3.05, 3.63) is 46.9 Å². The van der Waals surface area contributed by atoms with Crippen LogP contribution in [0.2, 0.25) is 0 Å². The van der Waals surface area contributed by atoms with Crippen LogP contribution in [0.25, 0.3) is 0 Å². The molecule has 0 spiro atoms. The summed E-state index contributed by atoms with van der Waals surface area (Å²) in [7, 11) is 0. The molecule has 3 amide bonds. The molecule has 0 radical (unpaired) electrons. The van der Waals surface area contributed by atoms with Gasteiger partial charge >= 0.3 is 11.9 Å². The van der Waals surface area contributed by atoms with Gasteiger partial charge in [0.2, 0.25) is 0 Å². The highest BCUT2D eigenvalue weighted by Crippen LogP contribution is 2.28. The van der Waals surface area contributed by atoms with Gasteiger partial charge in [0, 0.05) is 0 Å². The molecule has 0 fully saturated rings. The second kappa shape index (κ2) is 6.39. The zero-order chi connectivity index (χ0) is 16.4. The highest BCUT2D eigenvalue weighted by molar-refractivity contribution is 8.04. The number of hydrogen-bond acceptors (Lipinski definition) is 4. The third-order valence-electron chi connectivity index (χ3n) is 3.86. The Hall–Kier alpha value is -2.39. The van der Waals surface area contributed by atoms with E-state index in [4.69, 9.17) is 5.26 Å². The van der Waals surface area contributed by atoms with Crippen molar-refractivity contribution in [2.75, 3.05) is 6.54 Å². The van der Waals surface area contributed by atoms with Crippen LogP contribution in [0.5, 0.6) is 0 Å². The standard InChI is InChI=1S/C17H16N3O2S/c1-2-8-19-16(21)15-14(7-9-23-15)20(17(19)22)11-13-5-3-12(10-18)4-6-13/h3-7,9,15H,2,8,11H2,1H3/q+1. The van der Waals surface area contributed by atoms with E-state index in [9.17, 15) is 9.59 Å². The molecule has 1 atom stereocenters. The van der Waals surface area contributed by atoms with Crippen molar-refractivity contribution in [1.82, 2.24) is 4.90 Å². The van der Waals surface area contributed by atoms with Gasteiger partial charge in [-0.3, -0.25) is 0 Å². The first-order valence-electron chi connectivity index (χ1n) is 7.46.